The van der Waals surface area contributed by atoms with Crippen LogP contribution in [0, 0.1) is 0 Å². The maximum atomic E-state index is 12.3. The number of thioether (sulfide) groups is 1. The molecule has 112 valence electrons. The first-order chi connectivity index (χ1) is 9.91. The van der Waals surface area contributed by atoms with E-state index < -0.39 is 17.3 Å². The SMILES string of the molecule is N[C@H](CS[C@@H]1CC(=O)N(c2ccccc2Br)C1=O)C(=O)O. The fourth-order valence-electron chi connectivity index (χ4n) is 1.91. The second kappa shape index (κ2) is 6.59. The van der Waals surface area contributed by atoms with Gasteiger partial charge in [-0.15, -0.1) is 11.8 Å². The van der Waals surface area contributed by atoms with Crippen molar-refractivity contribution in [3.8, 4) is 0 Å². The molecule has 1 fully saturated rings. The van der Waals surface area contributed by atoms with Crippen LogP contribution < -0.4 is 10.6 Å². The lowest BCUT2D eigenvalue weighted by molar-refractivity contribution is -0.138. The zero-order valence-corrected chi connectivity index (χ0v) is 13.3. The average Bonchev–Trinajstić information content (AvgIpc) is 2.71. The molecular weight excluding hydrogens is 360 g/mol. The summed E-state index contributed by atoms with van der Waals surface area (Å²) in [5.41, 5.74) is 5.91. The molecule has 1 aliphatic heterocycles. The summed E-state index contributed by atoms with van der Waals surface area (Å²) < 4.78 is 0.652. The van der Waals surface area contributed by atoms with Crippen molar-refractivity contribution >= 4 is 51.2 Å². The molecule has 3 N–H and O–H groups in total. The van der Waals surface area contributed by atoms with Crippen LogP contribution in [-0.4, -0.2) is 39.9 Å². The molecule has 1 aromatic carbocycles. The Kier molecular flexibility index (Phi) is 5.02. The molecule has 0 unspecified atom stereocenters. The van der Waals surface area contributed by atoms with Crippen molar-refractivity contribution in [3.05, 3.63) is 28.7 Å². The van der Waals surface area contributed by atoms with E-state index in [2.05, 4.69) is 15.9 Å². The summed E-state index contributed by atoms with van der Waals surface area (Å²) in [6.07, 6.45) is 0.0528. The smallest absolute Gasteiger partial charge is 0.321 e. The van der Waals surface area contributed by atoms with Gasteiger partial charge < -0.3 is 10.8 Å². The molecular formula is C13H13BrN2O4S. The lowest BCUT2D eigenvalue weighted by Crippen LogP contribution is -2.35. The third kappa shape index (κ3) is 3.45. The summed E-state index contributed by atoms with van der Waals surface area (Å²) in [4.78, 5) is 36.2. The summed E-state index contributed by atoms with van der Waals surface area (Å²) >= 11 is 4.42. The topological polar surface area (TPSA) is 101 Å². The molecule has 1 aliphatic rings. The average molecular weight is 373 g/mol. The lowest BCUT2D eigenvalue weighted by Gasteiger charge is -2.16. The summed E-state index contributed by atoms with van der Waals surface area (Å²) in [6, 6.07) is 5.90. The van der Waals surface area contributed by atoms with E-state index in [4.69, 9.17) is 10.8 Å². The minimum atomic E-state index is -1.12. The van der Waals surface area contributed by atoms with Gasteiger partial charge in [0.25, 0.3) is 0 Å². The number of para-hydroxylation sites is 1. The van der Waals surface area contributed by atoms with Gasteiger partial charge in [-0.2, -0.15) is 0 Å². The minimum absolute atomic E-state index is 0.0528. The van der Waals surface area contributed by atoms with Gasteiger partial charge in [0.05, 0.1) is 10.9 Å². The van der Waals surface area contributed by atoms with E-state index in [1.807, 2.05) is 0 Å². The predicted molar refractivity (Wildman–Crippen MR) is 83.1 cm³/mol. The molecule has 1 saturated heterocycles. The molecule has 0 aromatic heterocycles. The Hall–Kier alpha value is -1.38. The first-order valence-corrected chi connectivity index (χ1v) is 7.97. The summed E-state index contributed by atoms with van der Waals surface area (Å²) in [5, 5.41) is 8.15. The van der Waals surface area contributed by atoms with Gasteiger partial charge in [0, 0.05) is 16.6 Å². The van der Waals surface area contributed by atoms with Crippen LogP contribution in [0.1, 0.15) is 6.42 Å². The van der Waals surface area contributed by atoms with Gasteiger partial charge in [0.1, 0.15) is 6.04 Å². The number of amides is 2. The fraction of sp³-hybridized carbons (Fsp3) is 0.308. The van der Waals surface area contributed by atoms with E-state index in [9.17, 15) is 14.4 Å². The minimum Gasteiger partial charge on any atom is -0.480 e. The summed E-state index contributed by atoms with van der Waals surface area (Å²) in [7, 11) is 0. The number of nitrogens with two attached hydrogens (primary N) is 1. The predicted octanol–water partition coefficient (Wildman–Crippen LogP) is 1.23. The van der Waals surface area contributed by atoms with Gasteiger partial charge in [-0.05, 0) is 28.1 Å². The number of nitrogens with zero attached hydrogens (tertiary/aromatic N) is 1. The van der Waals surface area contributed by atoms with Crippen LogP contribution in [0.25, 0.3) is 0 Å². The number of hydrogen-bond donors (Lipinski definition) is 2. The molecule has 0 spiro atoms. The van der Waals surface area contributed by atoms with Gasteiger partial charge >= 0.3 is 5.97 Å². The molecule has 2 amide bonds. The standard InChI is InChI=1S/C13H13BrN2O4S/c14-7-3-1-2-4-9(7)16-11(17)5-10(12(16)18)21-6-8(15)13(19)20/h1-4,8,10H,5-6,15H2,(H,19,20)/t8-,10-/m1/s1. The maximum Gasteiger partial charge on any atom is 0.321 e. The van der Waals surface area contributed by atoms with Crippen LogP contribution in [-0.2, 0) is 14.4 Å². The molecule has 1 heterocycles. The van der Waals surface area contributed by atoms with Crippen LogP contribution in [0.15, 0.2) is 28.7 Å². The molecule has 0 bridgehead atoms. The molecule has 0 radical (unpaired) electrons. The van der Waals surface area contributed by atoms with Crippen molar-refractivity contribution in [3.63, 3.8) is 0 Å². The van der Waals surface area contributed by atoms with Crippen LogP contribution in [0.3, 0.4) is 0 Å². The van der Waals surface area contributed by atoms with Gasteiger partial charge in [0.15, 0.2) is 0 Å². The number of imide groups is 1. The summed E-state index contributed by atoms with van der Waals surface area (Å²) in [5.74, 6) is -1.67. The Morgan fingerprint density at radius 1 is 1.48 bits per heavy atom. The number of carboxylic acids is 1. The number of carbonyl (C=O) groups is 3. The highest BCUT2D eigenvalue weighted by molar-refractivity contribution is 9.10. The van der Waals surface area contributed by atoms with Gasteiger partial charge in [-0.1, -0.05) is 12.1 Å². The van der Waals surface area contributed by atoms with Crippen LogP contribution in [0.4, 0.5) is 5.69 Å². The highest BCUT2D eigenvalue weighted by Crippen LogP contribution is 2.33. The fourth-order valence-corrected chi connectivity index (χ4v) is 3.46. The number of rotatable bonds is 5. The number of anilines is 1. The number of halogens is 1. The van der Waals surface area contributed by atoms with E-state index in [0.717, 1.165) is 16.7 Å². The first kappa shape index (κ1) is 16.0. The molecule has 8 heteroatoms. The maximum absolute atomic E-state index is 12.3. The van der Waals surface area contributed by atoms with Crippen molar-refractivity contribution in [2.24, 2.45) is 5.73 Å². The molecule has 1 aromatic rings. The van der Waals surface area contributed by atoms with Crippen LogP contribution in [0.2, 0.25) is 0 Å². The Morgan fingerprint density at radius 3 is 2.76 bits per heavy atom. The van der Waals surface area contributed by atoms with Crippen molar-refractivity contribution in [2.45, 2.75) is 17.7 Å². The zero-order chi connectivity index (χ0) is 15.6. The largest absolute Gasteiger partial charge is 0.480 e. The number of benzene rings is 1. The lowest BCUT2D eigenvalue weighted by atomic mass is 10.3. The highest BCUT2D eigenvalue weighted by Gasteiger charge is 2.40. The Morgan fingerprint density at radius 2 is 2.14 bits per heavy atom. The van der Waals surface area contributed by atoms with E-state index in [1.54, 1.807) is 24.3 Å². The molecule has 0 saturated carbocycles. The molecule has 21 heavy (non-hydrogen) atoms. The van der Waals surface area contributed by atoms with Crippen molar-refractivity contribution in [1.29, 1.82) is 0 Å². The van der Waals surface area contributed by atoms with E-state index in [0.29, 0.717) is 10.2 Å². The van der Waals surface area contributed by atoms with E-state index >= 15 is 0 Å². The van der Waals surface area contributed by atoms with Crippen LogP contribution >= 0.6 is 27.7 Å². The highest BCUT2D eigenvalue weighted by atomic mass is 79.9. The first-order valence-electron chi connectivity index (χ1n) is 6.13. The zero-order valence-electron chi connectivity index (χ0n) is 10.9. The van der Waals surface area contributed by atoms with Crippen molar-refractivity contribution in [2.75, 3.05) is 10.7 Å². The van der Waals surface area contributed by atoms with Gasteiger partial charge in [-0.25, -0.2) is 4.90 Å². The number of hydrogen-bond acceptors (Lipinski definition) is 5. The van der Waals surface area contributed by atoms with Crippen molar-refractivity contribution in [1.82, 2.24) is 0 Å². The Bertz CT molecular complexity index is 595. The molecule has 0 aliphatic carbocycles. The van der Waals surface area contributed by atoms with Crippen molar-refractivity contribution < 1.29 is 19.5 Å². The van der Waals surface area contributed by atoms with E-state index in [1.165, 1.54) is 0 Å². The third-order valence-electron chi connectivity index (χ3n) is 2.99. The normalized spacial score (nSPS) is 19.9. The second-order valence-electron chi connectivity index (χ2n) is 4.49. The molecule has 6 nitrogen and oxygen atoms in total. The molecule has 2 atom stereocenters. The second-order valence-corrected chi connectivity index (χ2v) is 6.58. The third-order valence-corrected chi connectivity index (χ3v) is 4.99. The van der Waals surface area contributed by atoms with Gasteiger partial charge in [0.2, 0.25) is 11.8 Å². The molecule has 2 rings (SSSR count). The van der Waals surface area contributed by atoms with E-state index in [-0.39, 0.29) is 24.0 Å². The number of carbonyl (C=O) groups excluding carboxylic acids is 2. The Balaban J connectivity index is 2.10. The summed E-state index contributed by atoms with van der Waals surface area (Å²) in [6.45, 7) is 0. The monoisotopic (exact) mass is 372 g/mol. The quantitative estimate of drug-likeness (QED) is 0.753. The Labute approximate surface area is 133 Å². The number of aliphatic carboxylic acids is 1. The number of carboxylic acid groups (broad SMARTS) is 1. The van der Waals surface area contributed by atoms with Gasteiger partial charge in [-0.3, -0.25) is 14.4 Å². The van der Waals surface area contributed by atoms with Crippen LogP contribution in [0.5, 0.6) is 0 Å².